The molecular formula is C19H18N2. The Morgan fingerprint density at radius 2 is 1.10 bits per heavy atom. The minimum Gasteiger partial charge on any atom is -0.265 e. The average Bonchev–Trinajstić information content (AvgIpc) is 2.57. The summed E-state index contributed by atoms with van der Waals surface area (Å²) in [6, 6.07) is 19.1. The van der Waals surface area contributed by atoms with Crippen molar-refractivity contribution in [3.8, 4) is 0 Å². The summed E-state index contributed by atoms with van der Waals surface area (Å²) < 4.78 is 0. The first-order valence-electron chi connectivity index (χ1n) is 7.24. The van der Waals surface area contributed by atoms with Gasteiger partial charge < -0.3 is 0 Å². The molecule has 0 spiro atoms. The molecule has 2 aromatic heterocycles. The second kappa shape index (κ2) is 6.80. The van der Waals surface area contributed by atoms with E-state index in [4.69, 9.17) is 0 Å². The number of hydrogen-bond donors (Lipinski definition) is 0. The molecule has 2 heteroatoms. The third-order valence-corrected chi connectivity index (χ3v) is 3.73. The fourth-order valence-corrected chi connectivity index (χ4v) is 2.64. The molecule has 0 aliphatic carbocycles. The third-order valence-electron chi connectivity index (χ3n) is 3.73. The minimum absolute atomic E-state index is 0.469. The predicted octanol–water partition coefficient (Wildman–Crippen LogP) is 4.05. The monoisotopic (exact) mass is 274 g/mol. The van der Waals surface area contributed by atoms with Crippen molar-refractivity contribution in [1.82, 2.24) is 9.97 Å². The van der Waals surface area contributed by atoms with Gasteiger partial charge in [-0.15, -0.1) is 0 Å². The summed E-state index contributed by atoms with van der Waals surface area (Å²) >= 11 is 0. The number of pyridine rings is 2. The predicted molar refractivity (Wildman–Crippen MR) is 85.1 cm³/mol. The molecular weight excluding hydrogens is 256 g/mol. The highest BCUT2D eigenvalue weighted by Gasteiger charge is 2.13. The Kier molecular flexibility index (Phi) is 4.37. The number of benzene rings is 1. The van der Waals surface area contributed by atoms with E-state index in [1.54, 1.807) is 0 Å². The lowest BCUT2D eigenvalue weighted by molar-refractivity contribution is 0.679. The van der Waals surface area contributed by atoms with Crippen LogP contribution in [0.2, 0.25) is 0 Å². The number of aromatic nitrogens is 2. The zero-order chi connectivity index (χ0) is 14.3. The van der Waals surface area contributed by atoms with Crippen LogP contribution in [-0.2, 0) is 12.8 Å². The highest BCUT2D eigenvalue weighted by atomic mass is 14.6. The van der Waals surface area contributed by atoms with Gasteiger partial charge in [-0.25, -0.2) is 0 Å². The van der Waals surface area contributed by atoms with Crippen molar-refractivity contribution >= 4 is 0 Å². The zero-order valence-electron chi connectivity index (χ0n) is 11.9. The maximum atomic E-state index is 4.10. The van der Waals surface area contributed by atoms with Crippen LogP contribution in [0.15, 0.2) is 79.4 Å². The van der Waals surface area contributed by atoms with Gasteiger partial charge in [0.05, 0.1) is 0 Å². The topological polar surface area (TPSA) is 25.8 Å². The molecule has 0 radical (unpaired) electrons. The van der Waals surface area contributed by atoms with Crippen molar-refractivity contribution in [2.45, 2.75) is 18.8 Å². The molecule has 0 unspecified atom stereocenters. The molecule has 0 atom stereocenters. The van der Waals surface area contributed by atoms with Crippen LogP contribution in [-0.4, -0.2) is 9.97 Å². The molecule has 0 saturated carbocycles. The molecule has 0 aliphatic heterocycles. The highest BCUT2D eigenvalue weighted by Crippen LogP contribution is 2.24. The van der Waals surface area contributed by atoms with Gasteiger partial charge in [-0.2, -0.15) is 0 Å². The first kappa shape index (κ1) is 13.5. The Morgan fingerprint density at radius 1 is 0.619 bits per heavy atom. The molecule has 1 aromatic carbocycles. The van der Waals surface area contributed by atoms with Gasteiger partial charge in [-0.1, -0.05) is 30.3 Å². The minimum atomic E-state index is 0.469. The van der Waals surface area contributed by atoms with E-state index >= 15 is 0 Å². The lowest BCUT2D eigenvalue weighted by Crippen LogP contribution is -2.07. The summed E-state index contributed by atoms with van der Waals surface area (Å²) in [6.45, 7) is 0. The molecule has 0 saturated heterocycles. The quantitative estimate of drug-likeness (QED) is 0.701. The molecule has 104 valence electrons. The Balaban J connectivity index is 1.84. The van der Waals surface area contributed by atoms with Crippen molar-refractivity contribution in [2.24, 2.45) is 0 Å². The van der Waals surface area contributed by atoms with Crippen molar-refractivity contribution in [2.75, 3.05) is 0 Å². The van der Waals surface area contributed by atoms with E-state index in [1.807, 2.05) is 24.8 Å². The summed E-state index contributed by atoms with van der Waals surface area (Å²) in [5, 5.41) is 0. The summed E-state index contributed by atoms with van der Waals surface area (Å²) in [7, 11) is 0. The van der Waals surface area contributed by atoms with Gasteiger partial charge in [-0.05, 0) is 59.7 Å². The molecule has 0 bridgehead atoms. The SMILES string of the molecule is c1ccc(C(Cc2ccncc2)Cc2ccncc2)cc1. The van der Waals surface area contributed by atoms with Crippen molar-refractivity contribution in [3.05, 3.63) is 96.1 Å². The van der Waals surface area contributed by atoms with Gasteiger partial charge in [0.15, 0.2) is 0 Å². The highest BCUT2D eigenvalue weighted by molar-refractivity contribution is 5.26. The van der Waals surface area contributed by atoms with E-state index < -0.39 is 0 Å². The van der Waals surface area contributed by atoms with Crippen LogP contribution in [0.1, 0.15) is 22.6 Å². The van der Waals surface area contributed by atoms with Crippen molar-refractivity contribution in [1.29, 1.82) is 0 Å². The Morgan fingerprint density at radius 3 is 1.57 bits per heavy atom. The first-order valence-corrected chi connectivity index (χ1v) is 7.24. The van der Waals surface area contributed by atoms with Gasteiger partial charge in [0, 0.05) is 24.8 Å². The normalized spacial score (nSPS) is 10.7. The van der Waals surface area contributed by atoms with Gasteiger partial charge in [0.1, 0.15) is 0 Å². The van der Waals surface area contributed by atoms with E-state index in [0.29, 0.717) is 5.92 Å². The standard InChI is InChI=1S/C19H18N2/c1-2-4-18(5-3-1)19(14-16-6-10-20-11-7-16)15-17-8-12-21-13-9-17/h1-13,19H,14-15H2. The Hall–Kier alpha value is -2.48. The summed E-state index contributed by atoms with van der Waals surface area (Å²) in [4.78, 5) is 8.20. The van der Waals surface area contributed by atoms with Crippen LogP contribution in [0.3, 0.4) is 0 Å². The number of nitrogens with zero attached hydrogens (tertiary/aromatic N) is 2. The smallest absolute Gasteiger partial charge is 0.0270 e. The zero-order valence-corrected chi connectivity index (χ0v) is 11.9. The summed E-state index contributed by atoms with van der Waals surface area (Å²) in [5.41, 5.74) is 4.03. The van der Waals surface area contributed by atoms with Crippen molar-refractivity contribution < 1.29 is 0 Å². The first-order chi connectivity index (χ1) is 10.4. The van der Waals surface area contributed by atoms with Crippen LogP contribution < -0.4 is 0 Å². The summed E-state index contributed by atoms with van der Waals surface area (Å²) in [5.74, 6) is 0.469. The second-order valence-electron chi connectivity index (χ2n) is 5.23. The van der Waals surface area contributed by atoms with Crippen molar-refractivity contribution in [3.63, 3.8) is 0 Å². The fourth-order valence-electron chi connectivity index (χ4n) is 2.64. The Bertz CT molecular complexity index is 609. The summed E-state index contributed by atoms with van der Waals surface area (Å²) in [6.07, 6.45) is 9.50. The van der Waals surface area contributed by atoms with Crippen LogP contribution in [0, 0.1) is 0 Å². The third kappa shape index (κ3) is 3.76. The maximum absolute atomic E-state index is 4.10. The van der Waals surface area contributed by atoms with Gasteiger partial charge >= 0.3 is 0 Å². The van der Waals surface area contributed by atoms with Crippen LogP contribution in [0.4, 0.5) is 0 Å². The molecule has 0 amide bonds. The number of rotatable bonds is 5. The molecule has 3 rings (SSSR count). The molecule has 3 aromatic rings. The van der Waals surface area contributed by atoms with E-state index in [-0.39, 0.29) is 0 Å². The van der Waals surface area contributed by atoms with Gasteiger partial charge in [-0.3, -0.25) is 9.97 Å². The van der Waals surface area contributed by atoms with E-state index in [1.165, 1.54) is 16.7 Å². The Labute approximate surface area is 125 Å². The molecule has 2 heterocycles. The molecule has 0 fully saturated rings. The lowest BCUT2D eigenvalue weighted by atomic mass is 9.87. The maximum Gasteiger partial charge on any atom is 0.0270 e. The molecule has 0 N–H and O–H groups in total. The average molecular weight is 274 g/mol. The van der Waals surface area contributed by atoms with E-state index in [9.17, 15) is 0 Å². The van der Waals surface area contributed by atoms with Gasteiger partial charge in [0.25, 0.3) is 0 Å². The molecule has 0 aliphatic rings. The van der Waals surface area contributed by atoms with Crippen LogP contribution in [0.25, 0.3) is 0 Å². The largest absolute Gasteiger partial charge is 0.265 e. The van der Waals surface area contributed by atoms with E-state index in [0.717, 1.165) is 12.8 Å². The van der Waals surface area contributed by atoms with Gasteiger partial charge in [0.2, 0.25) is 0 Å². The van der Waals surface area contributed by atoms with E-state index in [2.05, 4.69) is 64.6 Å². The molecule has 21 heavy (non-hydrogen) atoms. The fraction of sp³-hybridized carbons (Fsp3) is 0.158. The van der Waals surface area contributed by atoms with Crippen LogP contribution in [0.5, 0.6) is 0 Å². The lowest BCUT2D eigenvalue weighted by Gasteiger charge is -2.17. The molecule has 2 nitrogen and oxygen atoms in total. The van der Waals surface area contributed by atoms with Crippen LogP contribution >= 0.6 is 0 Å². The number of hydrogen-bond acceptors (Lipinski definition) is 2. The second-order valence-corrected chi connectivity index (χ2v) is 5.23.